The summed E-state index contributed by atoms with van der Waals surface area (Å²) >= 11 is 0. The second-order valence-electron chi connectivity index (χ2n) is 5.39. The molecule has 1 aliphatic rings. The SMILES string of the molecule is CCN1CCCC1Cn1cnc2cc(C(N)=O)ccc21. The molecule has 1 aromatic heterocycles. The van der Waals surface area contributed by atoms with Crippen LogP contribution in [0.5, 0.6) is 0 Å². The molecule has 2 heterocycles. The number of aromatic nitrogens is 2. The van der Waals surface area contributed by atoms with Crippen LogP contribution in [-0.4, -0.2) is 39.5 Å². The molecule has 1 unspecified atom stereocenters. The van der Waals surface area contributed by atoms with E-state index < -0.39 is 5.91 Å². The van der Waals surface area contributed by atoms with Gasteiger partial charge in [0.05, 0.1) is 17.4 Å². The molecule has 2 N–H and O–H groups in total. The molecule has 0 saturated carbocycles. The largest absolute Gasteiger partial charge is 0.366 e. The predicted molar refractivity (Wildman–Crippen MR) is 78.5 cm³/mol. The Morgan fingerprint density at radius 3 is 3.10 bits per heavy atom. The first-order valence-corrected chi connectivity index (χ1v) is 7.17. The molecule has 20 heavy (non-hydrogen) atoms. The second kappa shape index (κ2) is 5.25. The van der Waals surface area contributed by atoms with Crippen LogP contribution in [0.2, 0.25) is 0 Å². The number of hydrogen-bond acceptors (Lipinski definition) is 3. The lowest BCUT2D eigenvalue weighted by Gasteiger charge is -2.23. The molecule has 0 spiro atoms. The summed E-state index contributed by atoms with van der Waals surface area (Å²) in [5.74, 6) is -0.408. The van der Waals surface area contributed by atoms with Crippen molar-refractivity contribution >= 4 is 16.9 Å². The van der Waals surface area contributed by atoms with Crippen LogP contribution in [0.25, 0.3) is 11.0 Å². The topological polar surface area (TPSA) is 64.2 Å². The van der Waals surface area contributed by atoms with Crippen molar-refractivity contribution in [2.45, 2.75) is 32.4 Å². The van der Waals surface area contributed by atoms with E-state index in [9.17, 15) is 4.79 Å². The van der Waals surface area contributed by atoms with Crippen molar-refractivity contribution in [2.24, 2.45) is 5.73 Å². The number of primary amides is 1. The molecule has 0 bridgehead atoms. The van der Waals surface area contributed by atoms with Crippen molar-refractivity contribution in [2.75, 3.05) is 13.1 Å². The smallest absolute Gasteiger partial charge is 0.248 e. The zero-order chi connectivity index (χ0) is 14.1. The van der Waals surface area contributed by atoms with Gasteiger partial charge in [-0.15, -0.1) is 0 Å². The first kappa shape index (κ1) is 13.1. The van der Waals surface area contributed by atoms with Gasteiger partial charge in [-0.25, -0.2) is 4.98 Å². The lowest BCUT2D eigenvalue weighted by molar-refractivity contribution is 0.100. The van der Waals surface area contributed by atoms with E-state index >= 15 is 0 Å². The van der Waals surface area contributed by atoms with Gasteiger partial charge in [0.15, 0.2) is 0 Å². The number of carbonyl (C=O) groups is 1. The third-order valence-electron chi connectivity index (χ3n) is 4.22. The first-order chi connectivity index (χ1) is 9.69. The highest BCUT2D eigenvalue weighted by Gasteiger charge is 2.23. The fourth-order valence-electron chi connectivity index (χ4n) is 3.11. The number of rotatable bonds is 4. The van der Waals surface area contributed by atoms with Gasteiger partial charge in [0.2, 0.25) is 5.91 Å². The number of fused-ring (bicyclic) bond motifs is 1. The van der Waals surface area contributed by atoms with E-state index in [1.165, 1.54) is 19.4 Å². The maximum Gasteiger partial charge on any atom is 0.248 e. The Morgan fingerprint density at radius 1 is 1.50 bits per heavy atom. The van der Waals surface area contributed by atoms with Crippen LogP contribution < -0.4 is 5.73 Å². The summed E-state index contributed by atoms with van der Waals surface area (Å²) in [6.45, 7) is 5.46. The number of nitrogens with zero attached hydrogens (tertiary/aromatic N) is 3. The summed E-state index contributed by atoms with van der Waals surface area (Å²) in [5, 5.41) is 0. The summed E-state index contributed by atoms with van der Waals surface area (Å²) in [7, 11) is 0. The van der Waals surface area contributed by atoms with Gasteiger partial charge < -0.3 is 10.3 Å². The molecule has 1 atom stereocenters. The van der Waals surface area contributed by atoms with Crippen LogP contribution in [0.3, 0.4) is 0 Å². The van der Waals surface area contributed by atoms with Crippen LogP contribution >= 0.6 is 0 Å². The molecule has 2 aromatic rings. The van der Waals surface area contributed by atoms with Crippen LogP contribution in [0.15, 0.2) is 24.5 Å². The van der Waals surface area contributed by atoms with Crippen molar-refractivity contribution in [3.05, 3.63) is 30.1 Å². The van der Waals surface area contributed by atoms with Gasteiger partial charge in [-0.05, 0) is 44.1 Å². The Balaban J connectivity index is 1.87. The highest BCUT2D eigenvalue weighted by molar-refractivity contribution is 5.96. The van der Waals surface area contributed by atoms with Crippen molar-refractivity contribution in [3.63, 3.8) is 0 Å². The average Bonchev–Trinajstić information content (AvgIpc) is 3.05. The molecule has 1 aliphatic heterocycles. The molecule has 0 radical (unpaired) electrons. The van der Waals surface area contributed by atoms with Gasteiger partial charge in [-0.2, -0.15) is 0 Å². The van der Waals surface area contributed by atoms with E-state index in [2.05, 4.69) is 21.4 Å². The molecular weight excluding hydrogens is 252 g/mol. The highest BCUT2D eigenvalue weighted by Crippen LogP contribution is 2.21. The lowest BCUT2D eigenvalue weighted by atomic mass is 10.2. The summed E-state index contributed by atoms with van der Waals surface area (Å²) < 4.78 is 2.18. The van der Waals surface area contributed by atoms with Crippen LogP contribution in [0.1, 0.15) is 30.1 Å². The zero-order valence-electron chi connectivity index (χ0n) is 11.7. The quantitative estimate of drug-likeness (QED) is 0.920. The molecule has 3 rings (SSSR count). The second-order valence-corrected chi connectivity index (χ2v) is 5.39. The van der Waals surface area contributed by atoms with Gasteiger partial charge in [-0.3, -0.25) is 9.69 Å². The van der Waals surface area contributed by atoms with Gasteiger partial charge in [0, 0.05) is 18.2 Å². The number of carbonyl (C=O) groups excluding carboxylic acids is 1. The van der Waals surface area contributed by atoms with Crippen LogP contribution in [-0.2, 0) is 6.54 Å². The van der Waals surface area contributed by atoms with Crippen molar-refractivity contribution < 1.29 is 4.79 Å². The normalized spacial score (nSPS) is 19.8. The third-order valence-corrected chi connectivity index (χ3v) is 4.22. The maximum absolute atomic E-state index is 11.2. The number of likely N-dealkylation sites (tertiary alicyclic amines) is 1. The van der Waals surface area contributed by atoms with Crippen molar-refractivity contribution in [3.8, 4) is 0 Å². The molecule has 1 saturated heterocycles. The van der Waals surface area contributed by atoms with Gasteiger partial charge in [-0.1, -0.05) is 6.92 Å². The fourth-order valence-corrected chi connectivity index (χ4v) is 3.11. The Hall–Kier alpha value is -1.88. The number of amides is 1. The molecule has 5 nitrogen and oxygen atoms in total. The van der Waals surface area contributed by atoms with Crippen molar-refractivity contribution in [1.82, 2.24) is 14.5 Å². The Morgan fingerprint density at radius 2 is 2.35 bits per heavy atom. The molecule has 1 aromatic carbocycles. The minimum Gasteiger partial charge on any atom is -0.366 e. The summed E-state index contributed by atoms with van der Waals surface area (Å²) in [4.78, 5) is 18.1. The molecular formula is C15H20N4O. The molecule has 106 valence electrons. The fraction of sp³-hybridized carbons (Fsp3) is 0.467. The minimum atomic E-state index is -0.408. The van der Waals surface area contributed by atoms with Crippen LogP contribution in [0.4, 0.5) is 0 Å². The Kier molecular flexibility index (Phi) is 3.44. The number of likely N-dealkylation sites (N-methyl/N-ethyl adjacent to an activating group) is 1. The Bertz CT molecular complexity index is 634. The van der Waals surface area contributed by atoms with Crippen LogP contribution in [0, 0.1) is 0 Å². The van der Waals surface area contributed by atoms with E-state index in [4.69, 9.17) is 5.73 Å². The molecule has 1 amide bonds. The third kappa shape index (κ3) is 2.29. The molecule has 0 aliphatic carbocycles. The maximum atomic E-state index is 11.2. The van der Waals surface area contributed by atoms with E-state index in [-0.39, 0.29) is 0 Å². The number of imidazole rings is 1. The zero-order valence-corrected chi connectivity index (χ0v) is 11.7. The number of benzene rings is 1. The Labute approximate surface area is 118 Å². The standard InChI is InChI=1S/C15H20N4O/c1-2-18-7-3-4-12(18)9-19-10-17-13-8-11(15(16)20)5-6-14(13)19/h5-6,8,10,12H,2-4,7,9H2,1H3,(H2,16,20). The van der Waals surface area contributed by atoms with E-state index in [0.717, 1.165) is 24.1 Å². The monoisotopic (exact) mass is 272 g/mol. The van der Waals surface area contributed by atoms with Gasteiger partial charge in [0.25, 0.3) is 0 Å². The first-order valence-electron chi connectivity index (χ1n) is 7.17. The predicted octanol–water partition coefficient (Wildman–Crippen LogP) is 1.62. The van der Waals surface area contributed by atoms with Gasteiger partial charge in [0.1, 0.15) is 0 Å². The average molecular weight is 272 g/mol. The molecule has 5 heteroatoms. The summed E-state index contributed by atoms with van der Waals surface area (Å²) in [6, 6.07) is 6.07. The summed E-state index contributed by atoms with van der Waals surface area (Å²) in [6.07, 6.45) is 4.38. The minimum absolute atomic E-state index is 0.408. The van der Waals surface area contributed by atoms with E-state index in [1.54, 1.807) is 12.1 Å². The number of nitrogens with two attached hydrogens (primary N) is 1. The van der Waals surface area contributed by atoms with E-state index in [1.807, 2.05) is 12.4 Å². The summed E-state index contributed by atoms with van der Waals surface area (Å²) in [5.41, 5.74) is 7.72. The number of hydrogen-bond donors (Lipinski definition) is 1. The lowest BCUT2D eigenvalue weighted by Crippen LogP contribution is -2.32. The van der Waals surface area contributed by atoms with Crippen molar-refractivity contribution in [1.29, 1.82) is 0 Å². The van der Waals surface area contributed by atoms with Gasteiger partial charge >= 0.3 is 0 Å². The highest BCUT2D eigenvalue weighted by atomic mass is 16.1. The molecule has 1 fully saturated rings. The van der Waals surface area contributed by atoms with E-state index in [0.29, 0.717) is 11.6 Å².